The lowest BCUT2D eigenvalue weighted by Gasteiger charge is -2.31. The maximum Gasteiger partial charge on any atom is 0.171 e. The van der Waals surface area contributed by atoms with Crippen LogP contribution in [0.3, 0.4) is 0 Å². The third-order valence-electron chi connectivity index (χ3n) is 13.0. The molecule has 2 atom stereocenters. The van der Waals surface area contributed by atoms with Crippen molar-refractivity contribution in [2.75, 3.05) is 5.32 Å². The fourth-order valence-corrected chi connectivity index (χ4v) is 13.3. The Labute approximate surface area is 332 Å². The number of rotatable bonds is 5. The molecule has 3 heteroatoms. The van der Waals surface area contributed by atoms with E-state index in [1.807, 2.05) is 60.7 Å². The third kappa shape index (κ3) is 4.81. The zero-order valence-electron chi connectivity index (χ0n) is 31.3. The normalized spacial score (nSPS) is 16.1. The molecule has 0 saturated heterocycles. The summed E-state index contributed by atoms with van der Waals surface area (Å²) in [4.78, 5) is 0. The van der Waals surface area contributed by atoms with Gasteiger partial charge in [-0.2, -0.15) is 0 Å². The molecule has 0 amide bonds. The lowest BCUT2D eigenvalue weighted by molar-refractivity contribution is 0.592. The van der Waals surface area contributed by atoms with Gasteiger partial charge < -0.3 is 9.88 Å². The lowest BCUT2D eigenvalue weighted by atomic mass is 9.74. The molecule has 1 heterocycles. The molecule has 1 N–H and O–H groups in total. The molecule has 0 bridgehead atoms. The van der Waals surface area contributed by atoms with Gasteiger partial charge in [0.25, 0.3) is 0 Å². The lowest BCUT2D eigenvalue weighted by Crippen LogP contribution is -2.28. The molecule has 1 aliphatic heterocycles. The minimum absolute atomic E-state index is 0.225. The van der Waals surface area contributed by atoms with Crippen molar-refractivity contribution in [2.45, 2.75) is 24.8 Å². The van der Waals surface area contributed by atoms with Gasteiger partial charge in [0, 0.05) is 27.5 Å². The molecule has 2 nitrogen and oxygen atoms in total. The van der Waals surface area contributed by atoms with Gasteiger partial charge in [-0.05, 0) is 114 Å². The summed E-state index contributed by atoms with van der Waals surface area (Å²) in [7, 11) is -3.14. The molecule has 0 aromatic heterocycles. The molecule has 0 saturated carbocycles. The van der Waals surface area contributed by atoms with E-state index >= 15 is 4.57 Å². The minimum Gasteiger partial charge on any atom is -0.377 e. The highest BCUT2D eigenvalue weighted by Gasteiger charge is 2.40. The van der Waals surface area contributed by atoms with Gasteiger partial charge in [-0.1, -0.05) is 170 Å². The summed E-state index contributed by atoms with van der Waals surface area (Å²) in [6.45, 7) is 0. The van der Waals surface area contributed by atoms with E-state index in [9.17, 15) is 0 Å². The molecule has 9 aromatic carbocycles. The summed E-state index contributed by atoms with van der Waals surface area (Å²) in [6, 6.07) is 67.9. The maximum absolute atomic E-state index is 15.7. The van der Waals surface area contributed by atoms with Crippen molar-refractivity contribution in [3.63, 3.8) is 0 Å². The summed E-state index contributed by atoms with van der Waals surface area (Å²) in [5, 5.41) is 11.6. The second-order valence-electron chi connectivity index (χ2n) is 15.9. The van der Waals surface area contributed by atoms with Crippen molar-refractivity contribution >= 4 is 50.3 Å². The van der Waals surface area contributed by atoms with E-state index in [4.69, 9.17) is 0 Å². The fourth-order valence-electron chi connectivity index (χ4n) is 10.4. The Hall–Kier alpha value is -6.47. The molecule has 2 unspecified atom stereocenters. The van der Waals surface area contributed by atoms with Crippen molar-refractivity contribution in [1.29, 1.82) is 0 Å². The molecule has 12 rings (SSSR count). The number of anilines is 1. The fraction of sp³-hybridized carbons (Fsp3) is 0.0741. The Morgan fingerprint density at radius 3 is 1.93 bits per heavy atom. The van der Waals surface area contributed by atoms with Crippen LogP contribution in [-0.2, 0) is 17.4 Å². The second-order valence-corrected chi connectivity index (χ2v) is 18.6. The molecule has 9 aromatic rings. The zero-order chi connectivity index (χ0) is 37.7. The summed E-state index contributed by atoms with van der Waals surface area (Å²) >= 11 is 0. The predicted octanol–water partition coefficient (Wildman–Crippen LogP) is 12.3. The van der Waals surface area contributed by atoms with E-state index in [1.165, 1.54) is 88.4 Å². The van der Waals surface area contributed by atoms with E-state index in [2.05, 4.69) is 133 Å². The molecule has 270 valence electrons. The maximum atomic E-state index is 15.7. The smallest absolute Gasteiger partial charge is 0.171 e. The number of hydrogen-bond acceptors (Lipinski definition) is 2. The molecule has 2 aliphatic carbocycles. The molecule has 0 radical (unpaired) electrons. The van der Waals surface area contributed by atoms with Crippen LogP contribution in [0.1, 0.15) is 39.8 Å². The number of fused-ring (bicyclic) bond motifs is 8. The Bertz CT molecular complexity index is 3090. The van der Waals surface area contributed by atoms with E-state index < -0.39 is 7.14 Å². The number of aryl methyl sites for hydroxylation is 2. The molecule has 0 spiro atoms. The first kappa shape index (κ1) is 32.7. The molecular weight excluding hydrogens is 710 g/mol. The van der Waals surface area contributed by atoms with Crippen LogP contribution < -0.4 is 21.2 Å². The first-order valence-corrected chi connectivity index (χ1v) is 21.8. The van der Waals surface area contributed by atoms with Crippen molar-refractivity contribution in [1.82, 2.24) is 0 Å². The molecule has 0 fully saturated rings. The SMILES string of the molecule is O=P(c1ccccc1)(c1ccccc1)c1ccc2ccc3c(-c4ccc(-c5ccc6c(c5)-c5ccccc5C5c7ccccc7NC65)cc4)ccc4c3c2c1CC4. The Morgan fingerprint density at radius 2 is 1.14 bits per heavy atom. The Kier molecular flexibility index (Phi) is 7.19. The van der Waals surface area contributed by atoms with Crippen LogP contribution in [0.4, 0.5) is 5.69 Å². The third-order valence-corrected chi connectivity index (χ3v) is 16.1. The van der Waals surface area contributed by atoms with Gasteiger partial charge in [0.2, 0.25) is 0 Å². The Balaban J connectivity index is 0.957. The number of nitrogens with one attached hydrogen (secondary N) is 1. The first-order valence-electron chi connectivity index (χ1n) is 20.1. The van der Waals surface area contributed by atoms with E-state index in [0.29, 0.717) is 5.92 Å². The monoisotopic (exact) mass is 747 g/mol. The van der Waals surface area contributed by atoms with Gasteiger partial charge in [-0.15, -0.1) is 0 Å². The molecule has 57 heavy (non-hydrogen) atoms. The average Bonchev–Trinajstić information content (AvgIpc) is 3.69. The predicted molar refractivity (Wildman–Crippen MR) is 239 cm³/mol. The average molecular weight is 748 g/mol. The minimum atomic E-state index is -3.14. The van der Waals surface area contributed by atoms with Gasteiger partial charge in [0.05, 0.1) is 6.04 Å². The van der Waals surface area contributed by atoms with Crippen LogP contribution in [0.2, 0.25) is 0 Å². The van der Waals surface area contributed by atoms with Crippen LogP contribution >= 0.6 is 7.14 Å². The summed E-state index contributed by atoms with van der Waals surface area (Å²) in [5.41, 5.74) is 15.5. The van der Waals surface area contributed by atoms with Gasteiger partial charge >= 0.3 is 0 Å². The summed E-state index contributed by atoms with van der Waals surface area (Å²) in [6.07, 6.45) is 1.79. The van der Waals surface area contributed by atoms with Gasteiger partial charge in [0.15, 0.2) is 7.14 Å². The topological polar surface area (TPSA) is 29.1 Å². The van der Waals surface area contributed by atoms with Crippen molar-refractivity contribution in [2.24, 2.45) is 0 Å². The summed E-state index contributed by atoms with van der Waals surface area (Å²) in [5.74, 6) is 0.314. The highest BCUT2D eigenvalue weighted by atomic mass is 31.2. The van der Waals surface area contributed by atoms with Crippen LogP contribution in [0, 0.1) is 0 Å². The zero-order valence-corrected chi connectivity index (χ0v) is 32.2. The standard InChI is InChI=1S/C54H38NOP/c56-57(39-11-3-1-4-12-39,40-13-5-2-6-14-40)50-32-27-37-24-29-44-41(28-23-36-25-31-47(50)52(37)51(36)44)35-21-19-34(20-22-35)38-26-30-45-48(33-38)42-15-7-8-16-43(42)53-46-17-9-10-18-49(46)55-54(45)53/h1-24,26-30,32-33,53-55H,25,31H2. The van der Waals surface area contributed by atoms with E-state index in [0.717, 1.165) is 28.8 Å². The van der Waals surface area contributed by atoms with Gasteiger partial charge in [-0.25, -0.2) is 0 Å². The van der Waals surface area contributed by atoms with Crippen molar-refractivity contribution in [3.05, 3.63) is 216 Å². The highest BCUT2D eigenvalue weighted by molar-refractivity contribution is 7.85. The van der Waals surface area contributed by atoms with E-state index in [-0.39, 0.29) is 6.04 Å². The van der Waals surface area contributed by atoms with E-state index in [1.54, 1.807) is 0 Å². The summed E-state index contributed by atoms with van der Waals surface area (Å²) < 4.78 is 15.7. The van der Waals surface area contributed by atoms with Crippen LogP contribution in [0.15, 0.2) is 188 Å². The number of para-hydroxylation sites is 1. The second kappa shape index (κ2) is 12.5. The van der Waals surface area contributed by atoms with Crippen LogP contribution in [-0.4, -0.2) is 0 Å². The number of hydrogen-bond donors (Lipinski definition) is 1. The van der Waals surface area contributed by atoms with Gasteiger partial charge in [0.1, 0.15) is 0 Å². The quantitative estimate of drug-likeness (QED) is 0.140. The van der Waals surface area contributed by atoms with Gasteiger partial charge in [-0.3, -0.25) is 0 Å². The number of benzene rings is 9. The van der Waals surface area contributed by atoms with Crippen LogP contribution in [0.5, 0.6) is 0 Å². The molecule has 3 aliphatic rings. The first-order chi connectivity index (χ1) is 28.1. The van der Waals surface area contributed by atoms with Crippen LogP contribution in [0.25, 0.3) is 54.9 Å². The van der Waals surface area contributed by atoms with Crippen molar-refractivity contribution < 1.29 is 4.57 Å². The van der Waals surface area contributed by atoms with Crippen molar-refractivity contribution in [3.8, 4) is 33.4 Å². The molecular formula is C54H38NOP. The highest BCUT2D eigenvalue weighted by Crippen LogP contribution is 2.56. The largest absolute Gasteiger partial charge is 0.377 e. The Morgan fingerprint density at radius 1 is 0.474 bits per heavy atom.